The Kier molecular flexibility index (Phi) is 5.59. The number of hydrogen-bond acceptors (Lipinski definition) is 3. The predicted molar refractivity (Wildman–Crippen MR) is 84.8 cm³/mol. The summed E-state index contributed by atoms with van der Waals surface area (Å²) in [6.07, 6.45) is 0.830. The monoisotopic (exact) mass is 305 g/mol. The summed E-state index contributed by atoms with van der Waals surface area (Å²) in [7, 11) is 1.60. The Bertz CT molecular complexity index is 587. The Morgan fingerprint density at radius 1 is 1.24 bits per heavy atom. The SMILES string of the molecule is CCC(OCc1ccccc1)c1cc(Cl)nc(OC)c1C. The standard InChI is InChI=1S/C17H20ClNO2/c1-4-15(21-11-13-8-6-5-7-9-13)14-10-16(18)19-17(20-3)12(14)2/h5-10,15H,4,11H2,1-3H3. The van der Waals surface area contributed by atoms with Crippen LogP contribution < -0.4 is 4.74 Å². The topological polar surface area (TPSA) is 31.4 Å². The van der Waals surface area contributed by atoms with Crippen molar-refractivity contribution in [1.29, 1.82) is 0 Å². The first-order chi connectivity index (χ1) is 10.2. The third-order valence-electron chi connectivity index (χ3n) is 3.44. The van der Waals surface area contributed by atoms with E-state index in [-0.39, 0.29) is 6.10 Å². The summed E-state index contributed by atoms with van der Waals surface area (Å²) in [4.78, 5) is 4.17. The molecule has 0 aliphatic rings. The number of pyridine rings is 1. The number of rotatable bonds is 6. The fraction of sp³-hybridized carbons (Fsp3) is 0.353. The number of benzene rings is 1. The molecule has 0 N–H and O–H groups in total. The van der Waals surface area contributed by atoms with Crippen LogP contribution >= 0.6 is 11.6 Å². The lowest BCUT2D eigenvalue weighted by molar-refractivity contribution is 0.0365. The van der Waals surface area contributed by atoms with Gasteiger partial charge < -0.3 is 9.47 Å². The largest absolute Gasteiger partial charge is 0.481 e. The van der Waals surface area contributed by atoms with Crippen LogP contribution in [0.15, 0.2) is 36.4 Å². The van der Waals surface area contributed by atoms with Crippen molar-refractivity contribution in [3.05, 3.63) is 58.2 Å². The van der Waals surface area contributed by atoms with E-state index in [1.165, 1.54) is 0 Å². The molecule has 0 aliphatic heterocycles. The van der Waals surface area contributed by atoms with Crippen molar-refractivity contribution in [3.8, 4) is 5.88 Å². The highest BCUT2D eigenvalue weighted by Gasteiger charge is 2.17. The quantitative estimate of drug-likeness (QED) is 0.724. The zero-order valence-electron chi connectivity index (χ0n) is 12.6. The van der Waals surface area contributed by atoms with Crippen LogP contribution in [-0.4, -0.2) is 12.1 Å². The summed E-state index contributed by atoms with van der Waals surface area (Å²) < 4.78 is 11.3. The number of ether oxygens (including phenoxy) is 2. The van der Waals surface area contributed by atoms with Gasteiger partial charge in [0.25, 0.3) is 0 Å². The lowest BCUT2D eigenvalue weighted by atomic mass is 10.0. The van der Waals surface area contributed by atoms with E-state index in [0.717, 1.165) is 23.1 Å². The number of halogens is 1. The molecule has 0 saturated carbocycles. The second kappa shape index (κ2) is 7.43. The summed E-state index contributed by atoms with van der Waals surface area (Å²) in [5, 5.41) is 0.425. The first-order valence-electron chi connectivity index (χ1n) is 7.02. The van der Waals surface area contributed by atoms with Crippen molar-refractivity contribution < 1.29 is 9.47 Å². The number of methoxy groups -OCH3 is 1. The lowest BCUT2D eigenvalue weighted by Gasteiger charge is -2.20. The summed E-state index contributed by atoms with van der Waals surface area (Å²) in [6.45, 7) is 4.64. The summed E-state index contributed by atoms with van der Waals surface area (Å²) in [6, 6.07) is 12.0. The van der Waals surface area contributed by atoms with Crippen LogP contribution in [0, 0.1) is 6.92 Å². The molecule has 0 fully saturated rings. The maximum Gasteiger partial charge on any atom is 0.217 e. The fourth-order valence-electron chi connectivity index (χ4n) is 2.30. The van der Waals surface area contributed by atoms with Crippen LogP contribution in [0.5, 0.6) is 5.88 Å². The summed E-state index contributed by atoms with van der Waals surface area (Å²) in [5.74, 6) is 0.555. The normalized spacial score (nSPS) is 12.2. The highest BCUT2D eigenvalue weighted by Crippen LogP contribution is 2.31. The molecule has 0 aliphatic carbocycles. The van der Waals surface area contributed by atoms with Gasteiger partial charge in [-0.05, 0) is 30.5 Å². The van der Waals surface area contributed by atoms with Crippen molar-refractivity contribution in [1.82, 2.24) is 4.98 Å². The van der Waals surface area contributed by atoms with E-state index in [1.807, 2.05) is 31.2 Å². The van der Waals surface area contributed by atoms with Crippen LogP contribution in [0.1, 0.15) is 36.1 Å². The van der Waals surface area contributed by atoms with E-state index in [9.17, 15) is 0 Å². The molecule has 2 rings (SSSR count). The Morgan fingerprint density at radius 2 is 1.95 bits per heavy atom. The van der Waals surface area contributed by atoms with E-state index in [2.05, 4.69) is 24.0 Å². The smallest absolute Gasteiger partial charge is 0.217 e. The van der Waals surface area contributed by atoms with Crippen molar-refractivity contribution in [2.24, 2.45) is 0 Å². The Labute approximate surface area is 130 Å². The Morgan fingerprint density at radius 3 is 2.57 bits per heavy atom. The minimum atomic E-state index is -0.0281. The highest BCUT2D eigenvalue weighted by atomic mass is 35.5. The van der Waals surface area contributed by atoms with Gasteiger partial charge in [-0.15, -0.1) is 0 Å². The molecule has 1 atom stereocenters. The molecule has 1 aromatic heterocycles. The van der Waals surface area contributed by atoms with Gasteiger partial charge in [0.2, 0.25) is 5.88 Å². The molecule has 1 heterocycles. The minimum absolute atomic E-state index is 0.0281. The minimum Gasteiger partial charge on any atom is -0.481 e. The van der Waals surface area contributed by atoms with Crippen LogP contribution in [0.2, 0.25) is 5.15 Å². The van der Waals surface area contributed by atoms with Gasteiger partial charge in [0, 0.05) is 5.56 Å². The van der Waals surface area contributed by atoms with Crippen molar-refractivity contribution >= 4 is 11.6 Å². The molecule has 0 spiro atoms. The third-order valence-corrected chi connectivity index (χ3v) is 3.64. The predicted octanol–water partition coefficient (Wildman–Crippen LogP) is 4.72. The van der Waals surface area contributed by atoms with E-state index < -0.39 is 0 Å². The third kappa shape index (κ3) is 3.96. The fourth-order valence-corrected chi connectivity index (χ4v) is 2.50. The molecule has 21 heavy (non-hydrogen) atoms. The van der Waals surface area contributed by atoms with Crippen LogP contribution in [0.4, 0.5) is 0 Å². The Balaban J connectivity index is 2.19. The summed E-state index contributed by atoms with van der Waals surface area (Å²) in [5.41, 5.74) is 3.16. The average Bonchev–Trinajstić information content (AvgIpc) is 2.51. The maximum absolute atomic E-state index is 6.07. The summed E-state index contributed by atoms with van der Waals surface area (Å²) >= 11 is 6.07. The van der Waals surface area contributed by atoms with E-state index in [1.54, 1.807) is 7.11 Å². The molecule has 2 aromatic rings. The molecular formula is C17H20ClNO2. The molecule has 0 amide bonds. The number of hydrogen-bond donors (Lipinski definition) is 0. The van der Waals surface area contributed by atoms with Gasteiger partial charge in [-0.1, -0.05) is 48.9 Å². The molecule has 0 saturated heterocycles. The highest BCUT2D eigenvalue weighted by molar-refractivity contribution is 6.29. The van der Waals surface area contributed by atoms with Gasteiger partial charge in [-0.25, -0.2) is 4.98 Å². The second-order valence-electron chi connectivity index (χ2n) is 4.86. The van der Waals surface area contributed by atoms with Crippen molar-refractivity contribution in [2.75, 3.05) is 7.11 Å². The van der Waals surface area contributed by atoms with E-state index in [0.29, 0.717) is 17.6 Å². The Hall–Kier alpha value is -1.58. The molecule has 0 bridgehead atoms. The van der Waals surface area contributed by atoms with Crippen molar-refractivity contribution in [3.63, 3.8) is 0 Å². The van der Waals surface area contributed by atoms with Crippen LogP contribution in [0.3, 0.4) is 0 Å². The zero-order chi connectivity index (χ0) is 15.2. The van der Waals surface area contributed by atoms with Gasteiger partial charge in [0.15, 0.2) is 0 Å². The second-order valence-corrected chi connectivity index (χ2v) is 5.25. The zero-order valence-corrected chi connectivity index (χ0v) is 13.4. The van der Waals surface area contributed by atoms with Crippen LogP contribution in [-0.2, 0) is 11.3 Å². The van der Waals surface area contributed by atoms with Gasteiger partial charge >= 0.3 is 0 Å². The first-order valence-corrected chi connectivity index (χ1v) is 7.40. The number of nitrogens with zero attached hydrogens (tertiary/aromatic N) is 1. The molecule has 1 aromatic carbocycles. The van der Waals surface area contributed by atoms with E-state index >= 15 is 0 Å². The molecule has 4 heteroatoms. The first kappa shape index (κ1) is 15.8. The molecule has 1 unspecified atom stereocenters. The van der Waals surface area contributed by atoms with Gasteiger partial charge in [-0.2, -0.15) is 0 Å². The van der Waals surface area contributed by atoms with Crippen LogP contribution in [0.25, 0.3) is 0 Å². The lowest BCUT2D eigenvalue weighted by Crippen LogP contribution is -2.07. The molecule has 3 nitrogen and oxygen atoms in total. The van der Waals surface area contributed by atoms with Gasteiger partial charge in [-0.3, -0.25) is 0 Å². The van der Waals surface area contributed by atoms with Gasteiger partial charge in [0.05, 0.1) is 19.8 Å². The molecular weight excluding hydrogens is 286 g/mol. The number of aromatic nitrogens is 1. The average molecular weight is 306 g/mol. The molecule has 112 valence electrons. The van der Waals surface area contributed by atoms with Crippen molar-refractivity contribution in [2.45, 2.75) is 33.0 Å². The maximum atomic E-state index is 6.07. The van der Waals surface area contributed by atoms with E-state index in [4.69, 9.17) is 21.1 Å². The molecule has 0 radical (unpaired) electrons. The van der Waals surface area contributed by atoms with Gasteiger partial charge in [0.1, 0.15) is 5.15 Å².